The lowest BCUT2D eigenvalue weighted by atomic mass is 9.61. The van der Waals surface area contributed by atoms with Gasteiger partial charge in [0.1, 0.15) is 0 Å². The Bertz CT molecular complexity index is 678. The first-order chi connectivity index (χ1) is 13.7. The molecule has 0 aromatic rings. The van der Waals surface area contributed by atoms with E-state index in [0.717, 1.165) is 37.0 Å². The van der Waals surface area contributed by atoms with Crippen LogP contribution in [0.25, 0.3) is 0 Å². The van der Waals surface area contributed by atoms with Gasteiger partial charge in [-0.3, -0.25) is 0 Å². The van der Waals surface area contributed by atoms with E-state index in [1.165, 1.54) is 43.3 Å². The van der Waals surface area contributed by atoms with E-state index < -0.39 is 0 Å². The quantitative estimate of drug-likeness (QED) is 0.473. The summed E-state index contributed by atoms with van der Waals surface area (Å²) in [5.74, 6) is 3.58. The first-order valence-electron chi connectivity index (χ1n) is 12.2. The Morgan fingerprint density at radius 1 is 1.03 bits per heavy atom. The first-order valence-corrected chi connectivity index (χ1v) is 12.2. The maximum atomic E-state index is 10.0. The van der Waals surface area contributed by atoms with Crippen molar-refractivity contribution >= 4 is 0 Å². The van der Waals surface area contributed by atoms with Gasteiger partial charge in [-0.05, 0) is 91.9 Å². The van der Waals surface area contributed by atoms with Crippen molar-refractivity contribution in [2.45, 2.75) is 92.1 Å². The molecule has 0 aromatic carbocycles. The van der Waals surface area contributed by atoms with Crippen LogP contribution in [0.4, 0.5) is 0 Å². The molecule has 1 heteroatoms. The highest BCUT2D eigenvalue weighted by Crippen LogP contribution is 2.59. The molecule has 29 heavy (non-hydrogen) atoms. The van der Waals surface area contributed by atoms with Gasteiger partial charge in [0, 0.05) is 0 Å². The number of fused-ring (bicyclic) bond motifs is 1. The predicted molar refractivity (Wildman–Crippen MR) is 126 cm³/mol. The van der Waals surface area contributed by atoms with Gasteiger partial charge in [0.05, 0.1) is 6.10 Å². The first kappa shape index (κ1) is 22.6. The van der Waals surface area contributed by atoms with E-state index in [1.807, 2.05) is 0 Å². The van der Waals surface area contributed by atoms with Crippen LogP contribution in [0.5, 0.6) is 0 Å². The van der Waals surface area contributed by atoms with Gasteiger partial charge >= 0.3 is 0 Å². The van der Waals surface area contributed by atoms with E-state index in [0.29, 0.717) is 17.3 Å². The second-order valence-corrected chi connectivity index (χ2v) is 10.9. The van der Waals surface area contributed by atoms with Crippen LogP contribution < -0.4 is 0 Å². The summed E-state index contributed by atoms with van der Waals surface area (Å²) in [4.78, 5) is 0. The lowest BCUT2D eigenvalue weighted by Gasteiger charge is -2.44. The van der Waals surface area contributed by atoms with Crippen LogP contribution in [0.3, 0.4) is 0 Å². The van der Waals surface area contributed by atoms with E-state index in [-0.39, 0.29) is 6.10 Å². The summed E-state index contributed by atoms with van der Waals surface area (Å²) in [5.41, 5.74) is 4.61. The summed E-state index contributed by atoms with van der Waals surface area (Å²) in [7, 11) is 0. The zero-order chi connectivity index (χ0) is 21.2. The Hall–Kier alpha value is -1.08. The zero-order valence-electron chi connectivity index (χ0n) is 19.6. The second kappa shape index (κ2) is 9.38. The van der Waals surface area contributed by atoms with E-state index in [4.69, 9.17) is 0 Å². The maximum absolute atomic E-state index is 10.0. The monoisotopic (exact) mass is 396 g/mol. The molecule has 1 N–H and O–H groups in total. The minimum Gasteiger partial charge on any atom is -0.393 e. The van der Waals surface area contributed by atoms with Crippen LogP contribution in [-0.4, -0.2) is 11.2 Å². The summed E-state index contributed by atoms with van der Waals surface area (Å²) in [6.07, 6.45) is 18.8. The molecule has 3 saturated carbocycles. The molecule has 6 atom stereocenters. The van der Waals surface area contributed by atoms with Crippen LogP contribution in [-0.2, 0) is 0 Å². The summed E-state index contributed by atoms with van der Waals surface area (Å²) in [6.45, 7) is 16.3. The minimum absolute atomic E-state index is 0.182. The van der Waals surface area contributed by atoms with Gasteiger partial charge in [0.25, 0.3) is 0 Å². The Morgan fingerprint density at radius 3 is 2.52 bits per heavy atom. The number of hydrogen-bond acceptors (Lipinski definition) is 1. The van der Waals surface area contributed by atoms with Gasteiger partial charge in [0.2, 0.25) is 0 Å². The number of aliphatic hydroxyl groups excluding tert-OH is 1. The van der Waals surface area contributed by atoms with Crippen LogP contribution in [0, 0.1) is 35.0 Å². The van der Waals surface area contributed by atoms with E-state index in [2.05, 4.69) is 65.5 Å². The summed E-state index contributed by atoms with van der Waals surface area (Å²) in [5, 5.41) is 10.0. The van der Waals surface area contributed by atoms with Gasteiger partial charge in [-0.15, -0.1) is 0 Å². The fraction of sp³-hybridized carbons (Fsp3) is 0.714. The van der Waals surface area contributed by atoms with E-state index in [1.54, 1.807) is 5.57 Å². The van der Waals surface area contributed by atoms with Gasteiger partial charge in [-0.1, -0.05) is 76.6 Å². The molecule has 162 valence electrons. The fourth-order valence-electron chi connectivity index (χ4n) is 6.25. The molecule has 1 nitrogen and oxygen atoms in total. The molecule has 3 rings (SSSR count). The summed E-state index contributed by atoms with van der Waals surface area (Å²) >= 11 is 0. The largest absolute Gasteiger partial charge is 0.393 e. The fourth-order valence-corrected chi connectivity index (χ4v) is 6.25. The molecule has 0 saturated heterocycles. The topological polar surface area (TPSA) is 20.2 Å². The maximum Gasteiger partial charge on any atom is 0.0583 e. The lowest BCUT2D eigenvalue weighted by Crippen LogP contribution is -2.35. The van der Waals surface area contributed by atoms with Crippen LogP contribution in [0.1, 0.15) is 86.0 Å². The van der Waals surface area contributed by atoms with Gasteiger partial charge < -0.3 is 5.11 Å². The Kier molecular flexibility index (Phi) is 7.31. The lowest BCUT2D eigenvalue weighted by molar-refractivity contribution is 0.112. The van der Waals surface area contributed by atoms with E-state index >= 15 is 0 Å². The Balaban J connectivity index is 1.75. The van der Waals surface area contributed by atoms with Crippen molar-refractivity contribution in [2.75, 3.05) is 0 Å². The third-order valence-corrected chi connectivity index (χ3v) is 8.63. The molecule has 0 heterocycles. The summed E-state index contributed by atoms with van der Waals surface area (Å²) in [6, 6.07) is 0. The zero-order valence-corrected chi connectivity index (χ0v) is 19.6. The molecular weight excluding hydrogens is 352 g/mol. The average molecular weight is 397 g/mol. The minimum atomic E-state index is -0.182. The van der Waals surface area contributed by atoms with Gasteiger partial charge in [-0.2, -0.15) is 0 Å². The SMILES string of the molecule is C=C1CC[C@H](O)C/C1=C/C=C1\CCC[C@]2(C)[C@@H]([C@H](C)/C=C/[C@@H](C)C(C)C)CC[C@@H]12. The summed E-state index contributed by atoms with van der Waals surface area (Å²) < 4.78 is 0. The van der Waals surface area contributed by atoms with Crippen molar-refractivity contribution in [1.82, 2.24) is 0 Å². The van der Waals surface area contributed by atoms with Crippen molar-refractivity contribution in [3.05, 3.63) is 47.6 Å². The van der Waals surface area contributed by atoms with Crippen molar-refractivity contribution < 1.29 is 5.11 Å². The molecule has 0 unspecified atom stereocenters. The van der Waals surface area contributed by atoms with Crippen LogP contribution in [0.15, 0.2) is 47.6 Å². The van der Waals surface area contributed by atoms with Crippen molar-refractivity contribution in [1.29, 1.82) is 0 Å². The third kappa shape index (κ3) is 4.98. The number of aliphatic hydroxyl groups is 1. The smallest absolute Gasteiger partial charge is 0.0583 e. The molecule has 0 amide bonds. The Morgan fingerprint density at radius 2 is 1.79 bits per heavy atom. The second-order valence-electron chi connectivity index (χ2n) is 10.9. The molecule has 0 bridgehead atoms. The molecule has 0 aliphatic heterocycles. The molecular formula is C28H44O. The number of hydrogen-bond donors (Lipinski definition) is 1. The molecule has 0 spiro atoms. The molecule has 3 aliphatic carbocycles. The third-order valence-electron chi connectivity index (χ3n) is 8.63. The highest BCUT2D eigenvalue weighted by atomic mass is 16.3. The highest BCUT2D eigenvalue weighted by molar-refractivity contribution is 5.36. The van der Waals surface area contributed by atoms with Crippen LogP contribution >= 0.6 is 0 Å². The highest BCUT2D eigenvalue weighted by Gasteiger charge is 2.50. The van der Waals surface area contributed by atoms with Gasteiger partial charge in [-0.25, -0.2) is 0 Å². The average Bonchev–Trinajstić information content (AvgIpc) is 3.04. The predicted octanol–water partition coefficient (Wildman–Crippen LogP) is 7.64. The molecule has 3 aliphatic rings. The molecule has 0 radical (unpaired) electrons. The standard InChI is InChI=1S/C28H44O/c1-19(2)20(3)9-10-22(5)26-15-16-27-23(8-7-17-28(26,27)6)12-13-24-18-25(29)14-11-21(24)4/h9-10,12-13,19-20,22,25-27,29H,4,7-8,11,14-18H2,1-3,5-6H3/b10-9+,23-12+,24-13-/t20-,22-,25+,26-,27+,28-/m1/s1. The van der Waals surface area contributed by atoms with E-state index in [9.17, 15) is 5.11 Å². The van der Waals surface area contributed by atoms with Gasteiger partial charge in [0.15, 0.2) is 0 Å². The number of allylic oxidation sites excluding steroid dienone is 6. The number of rotatable bonds is 5. The normalized spacial score (nSPS) is 38.2. The van der Waals surface area contributed by atoms with Crippen molar-refractivity contribution in [3.8, 4) is 0 Å². The molecule has 3 fully saturated rings. The van der Waals surface area contributed by atoms with Crippen molar-refractivity contribution in [2.24, 2.45) is 35.0 Å². The van der Waals surface area contributed by atoms with Crippen molar-refractivity contribution in [3.63, 3.8) is 0 Å². The molecule has 0 aromatic heterocycles. The van der Waals surface area contributed by atoms with Crippen LogP contribution in [0.2, 0.25) is 0 Å². The Labute approximate surface area is 180 Å².